The highest BCUT2D eigenvalue weighted by atomic mass is 16.6. The van der Waals surface area contributed by atoms with Gasteiger partial charge >= 0.3 is 5.69 Å². The number of anilines is 2. The first kappa shape index (κ1) is 21.6. The molecule has 0 aliphatic carbocycles. The van der Waals surface area contributed by atoms with Crippen molar-refractivity contribution in [2.45, 2.75) is 0 Å². The lowest BCUT2D eigenvalue weighted by Crippen LogP contribution is -2.37. The number of pyridine rings is 1. The Kier molecular flexibility index (Phi) is 6.11. The van der Waals surface area contributed by atoms with Crippen molar-refractivity contribution in [2.24, 2.45) is 14.1 Å². The average Bonchev–Trinajstić information content (AvgIpc) is 2.76. The number of nitro groups is 1. The molecule has 2 N–H and O–H groups in total. The van der Waals surface area contributed by atoms with Crippen LogP contribution in [0.5, 0.6) is 0 Å². The van der Waals surface area contributed by atoms with Crippen LogP contribution in [0, 0.1) is 10.1 Å². The van der Waals surface area contributed by atoms with Crippen LogP contribution in [0.4, 0.5) is 17.1 Å². The minimum atomic E-state index is -0.616. The number of aryl methyl sites for hydroxylation is 1. The number of carbonyl (C=O) groups is 1. The van der Waals surface area contributed by atoms with E-state index in [0.29, 0.717) is 13.2 Å². The minimum absolute atomic E-state index is 0.0532. The van der Waals surface area contributed by atoms with E-state index in [-0.39, 0.29) is 33.7 Å². The fourth-order valence-corrected chi connectivity index (χ4v) is 3.00. The van der Waals surface area contributed by atoms with Gasteiger partial charge in [-0.1, -0.05) is 0 Å². The number of hydrogen-bond acceptors (Lipinski definition) is 8. The fourth-order valence-electron chi connectivity index (χ4n) is 3.00. The monoisotopic (exact) mass is 428 g/mol. The molecule has 1 amide bonds. The van der Waals surface area contributed by atoms with Crippen LogP contribution in [0.1, 0.15) is 10.4 Å². The number of rotatable bonds is 7. The summed E-state index contributed by atoms with van der Waals surface area (Å²) in [5.74, 6) is -0.616. The summed E-state index contributed by atoms with van der Waals surface area (Å²) >= 11 is 0. The molecule has 0 bridgehead atoms. The van der Waals surface area contributed by atoms with Gasteiger partial charge in [0.15, 0.2) is 0 Å². The number of nitrogens with one attached hydrogen (secondary N) is 2. The van der Waals surface area contributed by atoms with Crippen molar-refractivity contribution < 1.29 is 14.5 Å². The van der Waals surface area contributed by atoms with E-state index in [1.165, 1.54) is 50.2 Å². The van der Waals surface area contributed by atoms with Crippen molar-refractivity contribution in [3.63, 3.8) is 0 Å². The summed E-state index contributed by atoms with van der Waals surface area (Å²) < 4.78 is 7.07. The number of fused-ring (bicyclic) bond motifs is 1. The molecular formula is C19H20N6O6. The highest BCUT2D eigenvalue weighted by molar-refractivity contribution is 6.05. The Morgan fingerprint density at radius 2 is 1.97 bits per heavy atom. The Morgan fingerprint density at radius 1 is 1.23 bits per heavy atom. The van der Waals surface area contributed by atoms with E-state index in [9.17, 15) is 24.5 Å². The molecule has 0 unspecified atom stereocenters. The van der Waals surface area contributed by atoms with E-state index in [4.69, 9.17) is 4.74 Å². The van der Waals surface area contributed by atoms with Crippen LogP contribution in [0.15, 0.2) is 40.1 Å². The van der Waals surface area contributed by atoms with Gasteiger partial charge in [0.05, 0.1) is 28.8 Å². The quantitative estimate of drug-likeness (QED) is 0.319. The van der Waals surface area contributed by atoms with Crippen molar-refractivity contribution >= 4 is 34.0 Å². The third-order valence-electron chi connectivity index (χ3n) is 4.63. The molecule has 162 valence electrons. The Bertz CT molecular complexity index is 1300. The van der Waals surface area contributed by atoms with Gasteiger partial charge in [0.2, 0.25) is 0 Å². The van der Waals surface area contributed by atoms with Crippen molar-refractivity contribution in [3.8, 4) is 0 Å². The molecule has 0 fully saturated rings. The number of methoxy groups -OCH3 is 1. The van der Waals surface area contributed by atoms with Crippen LogP contribution < -0.4 is 21.9 Å². The second-order valence-corrected chi connectivity index (χ2v) is 6.66. The van der Waals surface area contributed by atoms with Crippen molar-refractivity contribution in [1.82, 2.24) is 14.1 Å². The van der Waals surface area contributed by atoms with E-state index in [2.05, 4.69) is 15.6 Å². The molecular weight excluding hydrogens is 408 g/mol. The van der Waals surface area contributed by atoms with Crippen LogP contribution in [0.2, 0.25) is 0 Å². The maximum Gasteiger partial charge on any atom is 0.332 e. The third kappa shape index (κ3) is 4.28. The molecule has 12 heteroatoms. The second kappa shape index (κ2) is 8.75. The van der Waals surface area contributed by atoms with E-state index in [1.54, 1.807) is 0 Å². The Labute approximate surface area is 175 Å². The second-order valence-electron chi connectivity index (χ2n) is 6.66. The zero-order chi connectivity index (χ0) is 22.7. The van der Waals surface area contributed by atoms with E-state index in [1.807, 2.05) is 0 Å². The standard InChI is InChI=1S/C19H20N6O6/c1-23-16-13(18(27)24(2)19(23)28)9-12(10-21-16)22-17(26)11-4-5-14(20-6-7-31-3)15(8-11)25(29)30/h4-5,8-10,20H,6-7H2,1-3H3,(H,22,26). The van der Waals surface area contributed by atoms with Gasteiger partial charge in [-0.15, -0.1) is 0 Å². The zero-order valence-corrected chi connectivity index (χ0v) is 17.0. The van der Waals surface area contributed by atoms with Gasteiger partial charge in [-0.2, -0.15) is 0 Å². The van der Waals surface area contributed by atoms with Crippen LogP contribution in [0.3, 0.4) is 0 Å². The normalized spacial score (nSPS) is 10.8. The first-order valence-corrected chi connectivity index (χ1v) is 9.13. The summed E-state index contributed by atoms with van der Waals surface area (Å²) in [4.78, 5) is 51.9. The third-order valence-corrected chi connectivity index (χ3v) is 4.63. The molecule has 0 atom stereocenters. The summed E-state index contributed by atoms with van der Waals surface area (Å²) in [5, 5.41) is 17.0. The molecule has 0 radical (unpaired) electrons. The maximum absolute atomic E-state index is 12.6. The van der Waals surface area contributed by atoms with Crippen molar-refractivity contribution in [1.29, 1.82) is 0 Å². The van der Waals surface area contributed by atoms with Gasteiger partial charge in [-0.3, -0.25) is 28.8 Å². The number of ether oxygens (including phenoxy) is 1. The lowest BCUT2D eigenvalue weighted by molar-refractivity contribution is -0.384. The fraction of sp³-hybridized carbons (Fsp3) is 0.263. The summed E-state index contributed by atoms with van der Waals surface area (Å²) in [6.07, 6.45) is 1.30. The van der Waals surface area contributed by atoms with Crippen LogP contribution in [0.25, 0.3) is 11.0 Å². The van der Waals surface area contributed by atoms with Gasteiger partial charge < -0.3 is 15.4 Å². The van der Waals surface area contributed by atoms with E-state index < -0.39 is 22.1 Å². The summed E-state index contributed by atoms with van der Waals surface area (Å²) in [7, 11) is 4.34. The Morgan fingerprint density at radius 3 is 2.65 bits per heavy atom. The van der Waals surface area contributed by atoms with Crippen LogP contribution in [-0.2, 0) is 18.8 Å². The van der Waals surface area contributed by atoms with E-state index >= 15 is 0 Å². The summed E-state index contributed by atoms with van der Waals surface area (Å²) in [6, 6.07) is 5.43. The maximum atomic E-state index is 12.6. The average molecular weight is 428 g/mol. The first-order chi connectivity index (χ1) is 14.7. The van der Waals surface area contributed by atoms with Gasteiger partial charge in [0.25, 0.3) is 17.2 Å². The number of nitrogens with zero attached hydrogens (tertiary/aromatic N) is 4. The zero-order valence-electron chi connectivity index (χ0n) is 17.0. The van der Waals surface area contributed by atoms with Crippen molar-refractivity contribution in [2.75, 3.05) is 30.9 Å². The molecule has 1 aromatic carbocycles. The molecule has 3 rings (SSSR count). The highest BCUT2D eigenvalue weighted by Crippen LogP contribution is 2.26. The van der Waals surface area contributed by atoms with Gasteiger partial charge in [-0.25, -0.2) is 9.78 Å². The molecule has 12 nitrogen and oxygen atoms in total. The minimum Gasteiger partial charge on any atom is -0.383 e. The van der Waals surface area contributed by atoms with Crippen molar-refractivity contribution in [3.05, 3.63) is 67.0 Å². The highest BCUT2D eigenvalue weighted by Gasteiger charge is 2.18. The smallest absolute Gasteiger partial charge is 0.332 e. The molecule has 0 saturated heterocycles. The van der Waals surface area contributed by atoms with Crippen LogP contribution >= 0.6 is 0 Å². The topological polar surface area (TPSA) is 150 Å². The lowest BCUT2D eigenvalue weighted by atomic mass is 10.1. The number of amides is 1. The number of benzene rings is 1. The number of hydrogen-bond donors (Lipinski definition) is 2. The van der Waals surface area contributed by atoms with E-state index in [0.717, 1.165) is 10.6 Å². The predicted molar refractivity (Wildman–Crippen MR) is 114 cm³/mol. The summed E-state index contributed by atoms with van der Waals surface area (Å²) in [5.41, 5.74) is -0.638. The molecule has 2 heterocycles. The molecule has 0 aliphatic heterocycles. The SMILES string of the molecule is COCCNc1ccc(C(=O)Nc2cnc3c(c2)c(=O)n(C)c(=O)n3C)cc1[N+](=O)[O-]. The molecule has 2 aromatic heterocycles. The molecule has 0 aliphatic rings. The van der Waals surface area contributed by atoms with Crippen LogP contribution in [-0.4, -0.2) is 45.2 Å². The number of carbonyl (C=O) groups excluding carboxylic acids is 1. The van der Waals surface area contributed by atoms with Gasteiger partial charge in [-0.05, 0) is 18.2 Å². The molecule has 0 spiro atoms. The lowest BCUT2D eigenvalue weighted by Gasteiger charge is -2.10. The molecule has 31 heavy (non-hydrogen) atoms. The molecule has 3 aromatic rings. The Balaban J connectivity index is 1.91. The summed E-state index contributed by atoms with van der Waals surface area (Å²) in [6.45, 7) is 0.725. The number of aromatic nitrogens is 3. The number of nitro benzene ring substituents is 1. The Hall–Kier alpha value is -4.06. The first-order valence-electron chi connectivity index (χ1n) is 9.13. The molecule has 0 saturated carbocycles. The van der Waals surface area contributed by atoms with Gasteiger partial charge in [0, 0.05) is 39.4 Å². The largest absolute Gasteiger partial charge is 0.383 e. The predicted octanol–water partition coefficient (Wildman–Crippen LogP) is 0.851. The van der Waals surface area contributed by atoms with Gasteiger partial charge in [0.1, 0.15) is 11.3 Å².